The van der Waals surface area contributed by atoms with E-state index in [1.54, 1.807) is 6.20 Å². The molecule has 154 valence electrons. The summed E-state index contributed by atoms with van der Waals surface area (Å²) in [5.74, 6) is 0.474. The first-order valence-electron chi connectivity index (χ1n) is 10.7. The third-order valence-electron chi connectivity index (χ3n) is 6.37. The molecule has 1 unspecified atom stereocenters. The van der Waals surface area contributed by atoms with Crippen molar-refractivity contribution in [2.45, 2.75) is 76.0 Å². The predicted molar refractivity (Wildman–Crippen MR) is 108 cm³/mol. The monoisotopic (exact) mass is 405 g/mol. The van der Waals surface area contributed by atoms with Crippen LogP contribution in [-0.4, -0.2) is 65.3 Å². The average Bonchev–Trinajstić information content (AvgIpc) is 3.47. The maximum atomic E-state index is 13.4. The van der Waals surface area contributed by atoms with E-state index in [2.05, 4.69) is 16.0 Å². The van der Waals surface area contributed by atoms with Gasteiger partial charge in [0.25, 0.3) is 0 Å². The van der Waals surface area contributed by atoms with Crippen molar-refractivity contribution in [2.75, 3.05) is 18.1 Å². The van der Waals surface area contributed by atoms with Gasteiger partial charge in [-0.2, -0.15) is 0 Å². The number of carbonyl (C=O) groups is 1. The highest BCUT2D eigenvalue weighted by Gasteiger charge is 2.40. The fourth-order valence-electron chi connectivity index (χ4n) is 4.79. The lowest BCUT2D eigenvalue weighted by atomic mass is 9.92. The van der Waals surface area contributed by atoms with E-state index in [1.165, 1.54) is 6.42 Å². The summed E-state index contributed by atoms with van der Waals surface area (Å²) in [6.45, 7) is 1.11. The highest BCUT2D eigenvalue weighted by molar-refractivity contribution is 7.91. The Morgan fingerprint density at radius 2 is 1.82 bits per heavy atom. The fourth-order valence-corrected chi connectivity index (χ4v) is 6.51. The molecule has 3 aliphatic rings. The fraction of sp³-hybridized carbons (Fsp3) is 0.714. The summed E-state index contributed by atoms with van der Waals surface area (Å²) in [6.07, 6.45) is 12.0. The lowest BCUT2D eigenvalue weighted by Crippen LogP contribution is -2.52. The van der Waals surface area contributed by atoms with Gasteiger partial charge in [-0.15, -0.1) is 0 Å². The van der Waals surface area contributed by atoms with Crippen LogP contribution < -0.4 is 0 Å². The molecule has 0 bridgehead atoms. The van der Waals surface area contributed by atoms with E-state index in [0.29, 0.717) is 19.0 Å². The molecule has 1 aromatic heterocycles. The summed E-state index contributed by atoms with van der Waals surface area (Å²) in [5.41, 5.74) is 1.12. The van der Waals surface area contributed by atoms with Crippen LogP contribution in [-0.2, 0) is 21.2 Å². The molecule has 2 aliphatic carbocycles. The minimum Gasteiger partial charge on any atom is -0.335 e. The van der Waals surface area contributed by atoms with Crippen LogP contribution in [0.5, 0.6) is 0 Å². The standard InChI is InChI=1S/C21H31N3O3S/c25-21(15-23(18-8-9-18)14-17-5-4-11-22-13-17)24(19-6-2-1-3-7-19)20-10-12-28(26,27)16-20/h4-5,11,13,18-20H,1-3,6-10,12,14-16H2. The number of nitrogens with zero attached hydrogens (tertiary/aromatic N) is 3. The maximum absolute atomic E-state index is 13.4. The molecule has 0 spiro atoms. The van der Waals surface area contributed by atoms with Crippen LogP contribution >= 0.6 is 0 Å². The topological polar surface area (TPSA) is 70.6 Å². The minimum absolute atomic E-state index is 0.116. The van der Waals surface area contributed by atoms with Gasteiger partial charge in [-0.3, -0.25) is 14.7 Å². The van der Waals surface area contributed by atoms with Crippen LogP contribution in [0, 0.1) is 0 Å². The Labute approximate surface area is 168 Å². The number of pyridine rings is 1. The van der Waals surface area contributed by atoms with Crippen LogP contribution in [0.2, 0.25) is 0 Å². The van der Waals surface area contributed by atoms with Crippen molar-refractivity contribution in [3.63, 3.8) is 0 Å². The number of hydrogen-bond acceptors (Lipinski definition) is 5. The summed E-state index contributed by atoms with van der Waals surface area (Å²) >= 11 is 0. The van der Waals surface area contributed by atoms with E-state index in [9.17, 15) is 13.2 Å². The molecule has 1 aliphatic heterocycles. The first-order valence-corrected chi connectivity index (χ1v) is 12.5. The third kappa shape index (κ3) is 4.92. The predicted octanol–water partition coefficient (Wildman–Crippen LogP) is 2.39. The van der Waals surface area contributed by atoms with Gasteiger partial charge in [-0.05, 0) is 43.7 Å². The van der Waals surface area contributed by atoms with E-state index in [4.69, 9.17) is 0 Å². The summed E-state index contributed by atoms with van der Waals surface area (Å²) in [7, 11) is -3.01. The van der Waals surface area contributed by atoms with Crippen LogP contribution in [0.3, 0.4) is 0 Å². The highest BCUT2D eigenvalue weighted by atomic mass is 32.2. The van der Waals surface area contributed by atoms with Gasteiger partial charge in [0.15, 0.2) is 9.84 Å². The second-order valence-corrected chi connectivity index (χ2v) is 10.9. The largest absolute Gasteiger partial charge is 0.335 e. The summed E-state index contributed by atoms with van der Waals surface area (Å²) in [6, 6.07) is 4.51. The molecule has 7 heteroatoms. The molecule has 4 rings (SSSR count). The molecule has 1 amide bonds. The smallest absolute Gasteiger partial charge is 0.237 e. The zero-order chi connectivity index (χ0) is 19.6. The number of amides is 1. The van der Waals surface area contributed by atoms with Crippen molar-refractivity contribution in [3.05, 3.63) is 30.1 Å². The van der Waals surface area contributed by atoms with Gasteiger partial charge in [-0.25, -0.2) is 8.42 Å². The minimum atomic E-state index is -3.01. The molecule has 0 aromatic carbocycles. The Hall–Kier alpha value is -1.47. The average molecular weight is 406 g/mol. The molecule has 2 saturated carbocycles. The number of hydrogen-bond donors (Lipinski definition) is 0. The number of sulfone groups is 1. The Morgan fingerprint density at radius 3 is 2.43 bits per heavy atom. The van der Waals surface area contributed by atoms with Gasteiger partial charge in [0.1, 0.15) is 0 Å². The third-order valence-corrected chi connectivity index (χ3v) is 8.12. The van der Waals surface area contributed by atoms with Gasteiger partial charge in [-0.1, -0.05) is 25.3 Å². The number of aromatic nitrogens is 1. The summed E-state index contributed by atoms with van der Waals surface area (Å²) < 4.78 is 24.2. The molecule has 2 heterocycles. The molecule has 0 radical (unpaired) electrons. The number of rotatable bonds is 7. The normalized spacial score (nSPS) is 25.1. The first kappa shape index (κ1) is 19.8. The zero-order valence-corrected chi connectivity index (χ0v) is 17.3. The van der Waals surface area contributed by atoms with Gasteiger partial charge in [0.2, 0.25) is 5.91 Å². The van der Waals surface area contributed by atoms with Crippen LogP contribution in [0.15, 0.2) is 24.5 Å². The van der Waals surface area contributed by atoms with Crippen molar-refractivity contribution in [1.82, 2.24) is 14.8 Å². The van der Waals surface area contributed by atoms with E-state index >= 15 is 0 Å². The SMILES string of the molecule is O=C(CN(Cc1cccnc1)C1CC1)N(C1CCCCC1)C1CCS(=O)(=O)C1. The van der Waals surface area contributed by atoms with Gasteiger partial charge in [0.05, 0.1) is 18.1 Å². The van der Waals surface area contributed by atoms with E-state index < -0.39 is 9.84 Å². The Bertz CT molecular complexity index is 773. The second kappa shape index (κ2) is 8.49. The number of carbonyl (C=O) groups excluding carboxylic acids is 1. The molecule has 1 aromatic rings. The molecular formula is C21H31N3O3S. The van der Waals surface area contributed by atoms with E-state index in [-0.39, 0.29) is 29.5 Å². The van der Waals surface area contributed by atoms with Crippen molar-refractivity contribution in [1.29, 1.82) is 0 Å². The molecule has 1 atom stereocenters. The van der Waals surface area contributed by atoms with Crippen LogP contribution in [0.4, 0.5) is 0 Å². The van der Waals surface area contributed by atoms with Gasteiger partial charge < -0.3 is 4.90 Å². The van der Waals surface area contributed by atoms with Gasteiger partial charge >= 0.3 is 0 Å². The highest BCUT2D eigenvalue weighted by Crippen LogP contribution is 2.31. The molecular weight excluding hydrogens is 374 g/mol. The molecule has 3 fully saturated rings. The van der Waals surface area contributed by atoms with E-state index in [1.807, 2.05) is 17.2 Å². The molecule has 0 N–H and O–H groups in total. The Morgan fingerprint density at radius 1 is 1.04 bits per heavy atom. The Kier molecular flexibility index (Phi) is 6.01. The lowest BCUT2D eigenvalue weighted by molar-refractivity contribution is -0.138. The van der Waals surface area contributed by atoms with Crippen molar-refractivity contribution >= 4 is 15.7 Å². The van der Waals surface area contributed by atoms with Crippen molar-refractivity contribution in [2.24, 2.45) is 0 Å². The Balaban J connectivity index is 1.49. The van der Waals surface area contributed by atoms with E-state index in [0.717, 1.165) is 50.6 Å². The van der Waals surface area contributed by atoms with Crippen LogP contribution in [0.25, 0.3) is 0 Å². The van der Waals surface area contributed by atoms with Gasteiger partial charge in [0, 0.05) is 37.1 Å². The molecule has 6 nitrogen and oxygen atoms in total. The summed E-state index contributed by atoms with van der Waals surface area (Å²) in [4.78, 5) is 21.9. The zero-order valence-electron chi connectivity index (χ0n) is 16.5. The first-order chi connectivity index (χ1) is 13.5. The van der Waals surface area contributed by atoms with Crippen molar-refractivity contribution in [3.8, 4) is 0 Å². The quantitative estimate of drug-likeness (QED) is 0.697. The van der Waals surface area contributed by atoms with Crippen LogP contribution in [0.1, 0.15) is 56.9 Å². The summed E-state index contributed by atoms with van der Waals surface area (Å²) in [5, 5.41) is 0. The molecule has 1 saturated heterocycles. The second-order valence-electron chi connectivity index (χ2n) is 8.65. The molecule has 28 heavy (non-hydrogen) atoms. The van der Waals surface area contributed by atoms with Crippen molar-refractivity contribution < 1.29 is 13.2 Å². The lowest BCUT2D eigenvalue weighted by Gasteiger charge is -2.39. The maximum Gasteiger partial charge on any atom is 0.237 e.